The Hall–Kier alpha value is -1.94. The first-order valence-corrected chi connectivity index (χ1v) is 9.54. The first-order valence-electron chi connectivity index (χ1n) is 8.75. The summed E-state index contributed by atoms with van der Waals surface area (Å²) in [4.78, 5) is 0. The van der Waals surface area contributed by atoms with Gasteiger partial charge in [0, 0.05) is 16.1 Å². The second kappa shape index (κ2) is 5.53. The molecule has 128 valence electrons. The van der Waals surface area contributed by atoms with Gasteiger partial charge in [0.25, 0.3) is 0 Å². The molecule has 0 spiro atoms. The van der Waals surface area contributed by atoms with E-state index in [-0.39, 0.29) is 6.04 Å². The minimum Gasteiger partial charge on any atom is -0.454 e. The second-order valence-corrected chi connectivity index (χ2v) is 8.10. The van der Waals surface area contributed by atoms with Gasteiger partial charge in [0.2, 0.25) is 6.79 Å². The minimum atomic E-state index is 0.248. The zero-order valence-electron chi connectivity index (χ0n) is 14.3. The largest absolute Gasteiger partial charge is 0.454 e. The van der Waals surface area contributed by atoms with Gasteiger partial charge in [-0.15, -0.1) is 0 Å². The molecule has 0 unspecified atom stereocenters. The van der Waals surface area contributed by atoms with Crippen LogP contribution in [-0.4, -0.2) is 6.79 Å². The zero-order chi connectivity index (χ0) is 17.1. The number of nitrogens with one attached hydrogen (secondary N) is 1. The Morgan fingerprint density at radius 1 is 1.08 bits per heavy atom. The number of benzene rings is 2. The normalized spacial score (nSPS) is 25.5. The van der Waals surface area contributed by atoms with Gasteiger partial charge in [-0.3, -0.25) is 0 Å². The van der Waals surface area contributed by atoms with Crippen molar-refractivity contribution in [2.24, 2.45) is 5.92 Å². The third-order valence-electron chi connectivity index (χ3n) is 5.64. The van der Waals surface area contributed by atoms with E-state index in [2.05, 4.69) is 65.4 Å². The molecule has 0 saturated heterocycles. The Morgan fingerprint density at radius 2 is 1.88 bits per heavy atom. The molecule has 2 aromatic rings. The molecule has 0 radical (unpaired) electrons. The number of aryl methyl sites for hydroxylation is 2. The lowest BCUT2D eigenvalue weighted by Crippen LogP contribution is -2.30. The predicted octanol–water partition coefficient (Wildman–Crippen LogP) is 5.62. The Labute approximate surface area is 156 Å². The predicted molar refractivity (Wildman–Crippen MR) is 103 cm³/mol. The van der Waals surface area contributed by atoms with Gasteiger partial charge in [0.1, 0.15) is 0 Å². The Kier molecular flexibility index (Phi) is 3.39. The van der Waals surface area contributed by atoms with Crippen molar-refractivity contribution < 1.29 is 9.47 Å². The van der Waals surface area contributed by atoms with Crippen molar-refractivity contribution in [1.29, 1.82) is 0 Å². The molecule has 3 atom stereocenters. The molecule has 2 heterocycles. The highest BCUT2D eigenvalue weighted by atomic mass is 79.9. The topological polar surface area (TPSA) is 30.5 Å². The summed E-state index contributed by atoms with van der Waals surface area (Å²) in [6, 6.07) is 8.98. The third kappa shape index (κ3) is 2.30. The van der Waals surface area contributed by atoms with E-state index in [1.54, 1.807) is 0 Å². The highest BCUT2D eigenvalue weighted by molar-refractivity contribution is 9.10. The fourth-order valence-corrected chi connectivity index (χ4v) is 5.19. The number of hydrogen-bond donors (Lipinski definition) is 1. The van der Waals surface area contributed by atoms with Gasteiger partial charge in [0.15, 0.2) is 11.5 Å². The molecule has 2 aliphatic heterocycles. The molecule has 0 bridgehead atoms. The van der Waals surface area contributed by atoms with Crippen molar-refractivity contribution in [3.05, 3.63) is 63.1 Å². The number of fused-ring (bicyclic) bond motifs is 4. The molecule has 0 saturated carbocycles. The summed E-state index contributed by atoms with van der Waals surface area (Å²) < 4.78 is 12.2. The van der Waals surface area contributed by atoms with Gasteiger partial charge in [0.05, 0.1) is 6.04 Å². The van der Waals surface area contributed by atoms with E-state index >= 15 is 0 Å². The molecule has 25 heavy (non-hydrogen) atoms. The SMILES string of the molecule is Cc1cc(C)c2c(c1)N[C@H](c1cc3c(cc1Br)OCO3)[C@@H]1CC=C[C@H]21. The van der Waals surface area contributed by atoms with Crippen molar-refractivity contribution >= 4 is 21.6 Å². The average molecular weight is 398 g/mol. The van der Waals surface area contributed by atoms with E-state index in [9.17, 15) is 0 Å². The number of allylic oxidation sites excluding steroid dienone is 2. The molecule has 3 aliphatic rings. The molecular formula is C21H20BrNO2. The fourth-order valence-electron chi connectivity index (χ4n) is 4.62. The lowest BCUT2D eigenvalue weighted by molar-refractivity contribution is 0.174. The average Bonchev–Trinajstić information content (AvgIpc) is 3.21. The van der Waals surface area contributed by atoms with Crippen molar-refractivity contribution in [2.75, 3.05) is 12.1 Å². The summed E-state index contributed by atoms with van der Waals surface area (Å²) in [6.45, 7) is 4.70. The highest BCUT2D eigenvalue weighted by Crippen LogP contribution is 2.53. The van der Waals surface area contributed by atoms with Gasteiger partial charge in [-0.25, -0.2) is 0 Å². The molecule has 1 aliphatic carbocycles. The van der Waals surface area contributed by atoms with Crippen molar-refractivity contribution in [1.82, 2.24) is 0 Å². The summed E-state index contributed by atoms with van der Waals surface area (Å²) in [5, 5.41) is 3.83. The van der Waals surface area contributed by atoms with E-state index in [0.29, 0.717) is 18.6 Å². The Morgan fingerprint density at radius 3 is 2.72 bits per heavy atom. The van der Waals surface area contributed by atoms with Crippen LogP contribution in [-0.2, 0) is 0 Å². The molecule has 1 N–H and O–H groups in total. The maximum Gasteiger partial charge on any atom is 0.231 e. The van der Waals surface area contributed by atoms with Crippen LogP contribution in [0.3, 0.4) is 0 Å². The summed E-state index contributed by atoms with van der Waals surface area (Å²) in [6.07, 6.45) is 5.82. The maximum atomic E-state index is 5.62. The van der Waals surface area contributed by atoms with Gasteiger partial charge in [-0.05, 0) is 66.6 Å². The zero-order valence-corrected chi connectivity index (χ0v) is 15.9. The molecule has 3 nitrogen and oxygen atoms in total. The van der Waals surface area contributed by atoms with E-state index in [1.807, 2.05) is 6.07 Å². The monoisotopic (exact) mass is 397 g/mol. The summed E-state index contributed by atoms with van der Waals surface area (Å²) in [5.74, 6) is 2.65. The van der Waals surface area contributed by atoms with Crippen LogP contribution in [0.5, 0.6) is 11.5 Å². The van der Waals surface area contributed by atoms with Crippen LogP contribution in [0.1, 0.15) is 40.6 Å². The van der Waals surface area contributed by atoms with E-state index in [0.717, 1.165) is 22.4 Å². The summed E-state index contributed by atoms with van der Waals surface area (Å²) in [5.41, 5.74) is 6.64. The molecule has 2 aromatic carbocycles. The fraction of sp³-hybridized carbons (Fsp3) is 0.333. The summed E-state index contributed by atoms with van der Waals surface area (Å²) >= 11 is 3.76. The van der Waals surface area contributed by atoms with Gasteiger partial charge in [-0.2, -0.15) is 0 Å². The smallest absolute Gasteiger partial charge is 0.231 e. The Balaban J connectivity index is 1.64. The van der Waals surface area contributed by atoms with E-state index in [1.165, 1.54) is 27.9 Å². The van der Waals surface area contributed by atoms with Crippen LogP contribution in [0.4, 0.5) is 5.69 Å². The van der Waals surface area contributed by atoms with E-state index in [4.69, 9.17) is 9.47 Å². The quantitative estimate of drug-likeness (QED) is 0.633. The number of rotatable bonds is 1. The van der Waals surface area contributed by atoms with Crippen LogP contribution in [0, 0.1) is 19.8 Å². The van der Waals surface area contributed by atoms with Crippen molar-refractivity contribution in [2.45, 2.75) is 32.2 Å². The second-order valence-electron chi connectivity index (χ2n) is 7.25. The number of hydrogen-bond acceptors (Lipinski definition) is 3. The van der Waals surface area contributed by atoms with Gasteiger partial charge in [-0.1, -0.05) is 34.1 Å². The third-order valence-corrected chi connectivity index (χ3v) is 6.33. The van der Waals surface area contributed by atoms with Crippen LogP contribution < -0.4 is 14.8 Å². The van der Waals surface area contributed by atoms with Gasteiger partial charge >= 0.3 is 0 Å². The molecule has 5 rings (SSSR count). The van der Waals surface area contributed by atoms with Crippen LogP contribution in [0.2, 0.25) is 0 Å². The first-order chi connectivity index (χ1) is 12.1. The van der Waals surface area contributed by atoms with Gasteiger partial charge < -0.3 is 14.8 Å². The first kappa shape index (κ1) is 15.3. The molecule has 4 heteroatoms. The molecule has 0 fully saturated rings. The summed E-state index contributed by atoms with van der Waals surface area (Å²) in [7, 11) is 0. The highest BCUT2D eigenvalue weighted by Gasteiger charge is 2.40. The molecule has 0 amide bonds. The van der Waals surface area contributed by atoms with Crippen LogP contribution in [0.15, 0.2) is 40.9 Å². The minimum absolute atomic E-state index is 0.248. The lowest BCUT2D eigenvalue weighted by atomic mass is 9.75. The van der Waals surface area contributed by atoms with Crippen molar-refractivity contribution in [3.8, 4) is 11.5 Å². The van der Waals surface area contributed by atoms with Crippen LogP contribution >= 0.6 is 15.9 Å². The number of ether oxygens (including phenoxy) is 2. The van der Waals surface area contributed by atoms with E-state index < -0.39 is 0 Å². The molecule has 0 aromatic heterocycles. The molecular weight excluding hydrogens is 378 g/mol. The standard InChI is InChI=1S/C21H20BrNO2/c1-11-6-12(2)20-13-4-3-5-14(13)21(23-17(20)7-11)15-8-18-19(9-16(15)22)25-10-24-18/h3-4,6-9,13-14,21,23H,5,10H2,1-2H3/t13-,14+,21-/m0/s1. The Bertz CT molecular complexity index is 905. The number of halogens is 1. The van der Waals surface area contributed by atoms with Crippen LogP contribution in [0.25, 0.3) is 0 Å². The maximum absolute atomic E-state index is 5.62. The lowest BCUT2D eigenvalue weighted by Gasteiger charge is -2.39. The van der Waals surface area contributed by atoms with Crippen molar-refractivity contribution in [3.63, 3.8) is 0 Å². The number of anilines is 1.